The molecule has 4 heteroatoms. The second kappa shape index (κ2) is 6.14. The van der Waals surface area contributed by atoms with E-state index in [-0.39, 0.29) is 6.10 Å². The SMILES string of the molecule is C=C(C)[C@H]1CC[C@H](C)C[C@H]1O[Si](C)(OC)OC. The molecule has 0 aromatic rings. The molecule has 0 radical (unpaired) electrons. The van der Waals surface area contributed by atoms with Gasteiger partial charge < -0.3 is 13.3 Å². The van der Waals surface area contributed by atoms with Crippen molar-refractivity contribution >= 4 is 8.80 Å². The van der Waals surface area contributed by atoms with E-state index in [4.69, 9.17) is 13.3 Å². The van der Waals surface area contributed by atoms with Crippen molar-refractivity contribution in [3.63, 3.8) is 0 Å². The van der Waals surface area contributed by atoms with Crippen molar-refractivity contribution < 1.29 is 13.3 Å². The van der Waals surface area contributed by atoms with Crippen LogP contribution in [0.4, 0.5) is 0 Å². The molecule has 1 fully saturated rings. The van der Waals surface area contributed by atoms with E-state index >= 15 is 0 Å². The first-order chi connectivity index (χ1) is 7.91. The van der Waals surface area contributed by atoms with Gasteiger partial charge in [0.05, 0.1) is 6.10 Å². The van der Waals surface area contributed by atoms with Crippen molar-refractivity contribution in [2.24, 2.45) is 11.8 Å². The predicted molar refractivity (Wildman–Crippen MR) is 71.8 cm³/mol. The molecule has 0 bridgehead atoms. The van der Waals surface area contributed by atoms with Gasteiger partial charge in [-0.05, 0) is 32.1 Å². The fourth-order valence-corrected chi connectivity index (χ4v) is 3.65. The molecule has 0 aromatic heterocycles. The summed E-state index contributed by atoms with van der Waals surface area (Å²) in [5.41, 5.74) is 1.21. The maximum atomic E-state index is 6.16. The van der Waals surface area contributed by atoms with Gasteiger partial charge >= 0.3 is 8.80 Å². The Bertz CT molecular complexity index is 263. The van der Waals surface area contributed by atoms with Gasteiger partial charge in [0, 0.05) is 26.7 Å². The monoisotopic (exact) mass is 258 g/mol. The van der Waals surface area contributed by atoms with E-state index in [0.29, 0.717) is 11.8 Å². The van der Waals surface area contributed by atoms with Gasteiger partial charge in [-0.2, -0.15) is 0 Å². The molecule has 17 heavy (non-hydrogen) atoms. The van der Waals surface area contributed by atoms with Crippen molar-refractivity contribution in [1.29, 1.82) is 0 Å². The minimum atomic E-state index is -2.44. The zero-order chi connectivity index (χ0) is 13.1. The van der Waals surface area contributed by atoms with E-state index in [2.05, 4.69) is 20.4 Å². The van der Waals surface area contributed by atoms with Gasteiger partial charge in [-0.25, -0.2) is 0 Å². The van der Waals surface area contributed by atoms with E-state index in [1.54, 1.807) is 14.2 Å². The number of hydrogen-bond acceptors (Lipinski definition) is 3. The van der Waals surface area contributed by atoms with Crippen molar-refractivity contribution in [2.45, 2.75) is 45.8 Å². The molecule has 100 valence electrons. The second-order valence-electron chi connectivity index (χ2n) is 5.30. The van der Waals surface area contributed by atoms with Crippen LogP contribution < -0.4 is 0 Å². The summed E-state index contributed by atoms with van der Waals surface area (Å²) >= 11 is 0. The summed E-state index contributed by atoms with van der Waals surface area (Å²) in [6, 6.07) is 0. The van der Waals surface area contributed by atoms with Crippen molar-refractivity contribution in [3.05, 3.63) is 12.2 Å². The van der Waals surface area contributed by atoms with Crippen LogP contribution in [0.15, 0.2) is 12.2 Å². The van der Waals surface area contributed by atoms with Crippen molar-refractivity contribution in [2.75, 3.05) is 14.2 Å². The van der Waals surface area contributed by atoms with Crippen LogP contribution in [0.3, 0.4) is 0 Å². The first kappa shape index (κ1) is 14.9. The zero-order valence-electron chi connectivity index (χ0n) is 11.8. The summed E-state index contributed by atoms with van der Waals surface area (Å²) in [7, 11) is 0.886. The van der Waals surface area contributed by atoms with Gasteiger partial charge in [0.15, 0.2) is 0 Å². The van der Waals surface area contributed by atoms with Crippen molar-refractivity contribution in [1.82, 2.24) is 0 Å². The highest BCUT2D eigenvalue weighted by Gasteiger charge is 2.40. The lowest BCUT2D eigenvalue weighted by Gasteiger charge is -2.38. The Labute approximate surface area is 107 Å². The average molecular weight is 258 g/mol. The normalized spacial score (nSPS) is 30.3. The smallest absolute Gasteiger partial charge is 0.377 e. The topological polar surface area (TPSA) is 27.7 Å². The highest BCUT2D eigenvalue weighted by molar-refractivity contribution is 6.59. The predicted octanol–water partition coefficient (Wildman–Crippen LogP) is 3.25. The molecule has 0 aliphatic heterocycles. The largest absolute Gasteiger partial charge is 0.497 e. The highest BCUT2D eigenvalue weighted by atomic mass is 28.4. The minimum Gasteiger partial charge on any atom is -0.377 e. The van der Waals surface area contributed by atoms with E-state index in [0.717, 1.165) is 6.42 Å². The molecule has 0 spiro atoms. The van der Waals surface area contributed by atoms with Gasteiger partial charge in [0.2, 0.25) is 0 Å². The maximum absolute atomic E-state index is 6.16. The molecule has 0 amide bonds. The third-order valence-corrected chi connectivity index (χ3v) is 6.01. The van der Waals surface area contributed by atoms with E-state index < -0.39 is 8.80 Å². The van der Waals surface area contributed by atoms with E-state index in [9.17, 15) is 0 Å². The van der Waals surface area contributed by atoms with Crippen LogP contribution in [0.1, 0.15) is 33.1 Å². The molecule has 1 rings (SSSR count). The summed E-state index contributed by atoms with van der Waals surface area (Å²) in [5, 5.41) is 0. The Kier molecular flexibility index (Phi) is 5.38. The fourth-order valence-electron chi connectivity index (χ4n) is 2.48. The minimum absolute atomic E-state index is 0.202. The van der Waals surface area contributed by atoms with Crippen LogP contribution in [0.5, 0.6) is 0 Å². The third-order valence-electron chi connectivity index (χ3n) is 3.79. The Morgan fingerprint density at radius 2 is 1.82 bits per heavy atom. The molecule has 0 N–H and O–H groups in total. The zero-order valence-corrected chi connectivity index (χ0v) is 12.8. The second-order valence-corrected chi connectivity index (χ2v) is 8.07. The van der Waals surface area contributed by atoms with Gasteiger partial charge in [0.25, 0.3) is 0 Å². The van der Waals surface area contributed by atoms with Crippen LogP contribution in [0.25, 0.3) is 0 Å². The Hall–Kier alpha value is -0.163. The van der Waals surface area contributed by atoms with Crippen LogP contribution >= 0.6 is 0 Å². The average Bonchev–Trinajstić information content (AvgIpc) is 2.28. The van der Waals surface area contributed by atoms with Crippen LogP contribution in [-0.2, 0) is 13.3 Å². The molecule has 3 atom stereocenters. The molecular weight excluding hydrogens is 232 g/mol. The molecule has 0 heterocycles. The van der Waals surface area contributed by atoms with E-state index in [1.807, 2.05) is 6.55 Å². The Morgan fingerprint density at radius 3 is 2.29 bits per heavy atom. The lowest BCUT2D eigenvalue weighted by atomic mass is 9.78. The first-order valence-electron chi connectivity index (χ1n) is 6.35. The number of hydrogen-bond donors (Lipinski definition) is 0. The molecule has 1 aliphatic rings. The fraction of sp³-hybridized carbons (Fsp3) is 0.846. The lowest BCUT2D eigenvalue weighted by molar-refractivity contribution is 0.0105. The molecule has 0 unspecified atom stereocenters. The van der Waals surface area contributed by atoms with Crippen LogP contribution in [-0.4, -0.2) is 29.1 Å². The Morgan fingerprint density at radius 1 is 1.24 bits per heavy atom. The third kappa shape index (κ3) is 3.91. The molecular formula is C13H26O3Si. The van der Waals surface area contributed by atoms with Crippen molar-refractivity contribution in [3.8, 4) is 0 Å². The quantitative estimate of drug-likeness (QED) is 0.559. The van der Waals surface area contributed by atoms with Gasteiger partial charge in [-0.1, -0.05) is 19.1 Å². The van der Waals surface area contributed by atoms with Gasteiger partial charge in [-0.15, -0.1) is 0 Å². The van der Waals surface area contributed by atoms with Crippen LogP contribution in [0.2, 0.25) is 6.55 Å². The molecule has 0 saturated heterocycles. The summed E-state index contributed by atoms with van der Waals surface area (Å²) in [6.07, 6.45) is 3.70. The Balaban J connectivity index is 2.72. The molecule has 0 aromatic carbocycles. The summed E-state index contributed by atoms with van der Waals surface area (Å²) in [4.78, 5) is 0. The maximum Gasteiger partial charge on any atom is 0.497 e. The number of rotatable bonds is 5. The lowest BCUT2D eigenvalue weighted by Crippen LogP contribution is -2.47. The summed E-state index contributed by atoms with van der Waals surface area (Å²) < 4.78 is 17.0. The van der Waals surface area contributed by atoms with Crippen LogP contribution in [0, 0.1) is 11.8 Å². The molecule has 3 nitrogen and oxygen atoms in total. The van der Waals surface area contributed by atoms with Gasteiger partial charge in [0.1, 0.15) is 0 Å². The first-order valence-corrected chi connectivity index (χ1v) is 8.58. The van der Waals surface area contributed by atoms with E-state index in [1.165, 1.54) is 18.4 Å². The summed E-state index contributed by atoms with van der Waals surface area (Å²) in [6.45, 7) is 10.4. The van der Waals surface area contributed by atoms with Gasteiger partial charge in [-0.3, -0.25) is 0 Å². The highest BCUT2D eigenvalue weighted by Crippen LogP contribution is 2.36. The molecule has 1 saturated carbocycles. The summed E-state index contributed by atoms with van der Waals surface area (Å²) in [5.74, 6) is 1.16. The molecule has 1 aliphatic carbocycles. The standard InChI is InChI=1S/C13H26O3Si/c1-10(2)12-8-7-11(3)9-13(12)16-17(6,14-4)15-5/h11-13H,1,7-9H2,2-6H3/t11-,12+,13+/m0/s1.